The van der Waals surface area contributed by atoms with E-state index in [-0.39, 0.29) is 30.1 Å². The maximum atomic E-state index is 13.3. The molecule has 1 atom stereocenters. The molecular weight excluding hydrogens is 377 g/mol. The van der Waals surface area contributed by atoms with Gasteiger partial charge in [-0.25, -0.2) is 12.8 Å². The van der Waals surface area contributed by atoms with Gasteiger partial charge in [-0.15, -0.1) is 6.58 Å². The van der Waals surface area contributed by atoms with Crippen molar-refractivity contribution in [2.24, 2.45) is 0 Å². The standard InChI is InChI=1S/C17H22FN3O5S/c1-3-7-19-16(22)17(23)20-11-15-21(8-4-9-26-15)27(24,25)14-6-5-13(18)10-12(14)2/h3,5-6,10,15H,1,4,7-9,11H2,2H3,(H,19,22)(H,20,23). The number of benzene rings is 1. The van der Waals surface area contributed by atoms with Gasteiger partial charge in [-0.3, -0.25) is 9.59 Å². The highest BCUT2D eigenvalue weighted by atomic mass is 32.2. The number of carbonyl (C=O) groups is 2. The summed E-state index contributed by atoms with van der Waals surface area (Å²) in [6.07, 6.45) is 0.933. The van der Waals surface area contributed by atoms with E-state index in [0.717, 1.165) is 16.4 Å². The third kappa shape index (κ3) is 5.12. The van der Waals surface area contributed by atoms with E-state index in [2.05, 4.69) is 17.2 Å². The zero-order valence-corrected chi connectivity index (χ0v) is 15.7. The van der Waals surface area contributed by atoms with Crippen LogP contribution in [0.4, 0.5) is 4.39 Å². The molecule has 10 heteroatoms. The van der Waals surface area contributed by atoms with Crippen LogP contribution < -0.4 is 10.6 Å². The Kier molecular flexibility index (Phi) is 7.05. The summed E-state index contributed by atoms with van der Waals surface area (Å²) in [6.45, 7) is 5.37. The molecule has 1 unspecified atom stereocenters. The lowest BCUT2D eigenvalue weighted by molar-refractivity contribution is -0.140. The number of sulfonamides is 1. The average molecular weight is 399 g/mol. The normalized spacial score (nSPS) is 17.9. The third-order valence-electron chi connectivity index (χ3n) is 3.93. The van der Waals surface area contributed by atoms with Gasteiger partial charge in [0.15, 0.2) is 0 Å². The summed E-state index contributed by atoms with van der Waals surface area (Å²) in [5, 5.41) is 4.68. The van der Waals surface area contributed by atoms with Gasteiger partial charge < -0.3 is 15.4 Å². The van der Waals surface area contributed by atoms with Crippen LogP contribution in [0.25, 0.3) is 0 Å². The van der Waals surface area contributed by atoms with Crippen molar-refractivity contribution in [2.45, 2.75) is 24.5 Å². The summed E-state index contributed by atoms with van der Waals surface area (Å²) in [5.74, 6) is -2.29. The van der Waals surface area contributed by atoms with Crippen molar-refractivity contribution < 1.29 is 27.1 Å². The number of ether oxygens (including phenoxy) is 1. The molecule has 2 rings (SSSR count). The Morgan fingerprint density at radius 3 is 2.74 bits per heavy atom. The molecule has 0 saturated carbocycles. The molecule has 2 N–H and O–H groups in total. The van der Waals surface area contributed by atoms with Crippen molar-refractivity contribution in [2.75, 3.05) is 26.2 Å². The van der Waals surface area contributed by atoms with Crippen molar-refractivity contribution >= 4 is 21.8 Å². The summed E-state index contributed by atoms with van der Waals surface area (Å²) in [6, 6.07) is 3.41. The van der Waals surface area contributed by atoms with Crippen LogP contribution in [0.5, 0.6) is 0 Å². The Morgan fingerprint density at radius 2 is 2.07 bits per heavy atom. The molecule has 0 radical (unpaired) electrons. The van der Waals surface area contributed by atoms with Crippen LogP contribution in [0.3, 0.4) is 0 Å². The predicted molar refractivity (Wildman–Crippen MR) is 95.6 cm³/mol. The van der Waals surface area contributed by atoms with E-state index in [0.29, 0.717) is 13.0 Å². The first-order valence-corrected chi connectivity index (χ1v) is 9.78. The van der Waals surface area contributed by atoms with Crippen LogP contribution in [-0.4, -0.2) is 57.0 Å². The average Bonchev–Trinajstić information content (AvgIpc) is 2.64. The monoisotopic (exact) mass is 399 g/mol. The van der Waals surface area contributed by atoms with Gasteiger partial charge in [-0.05, 0) is 37.1 Å². The highest BCUT2D eigenvalue weighted by Gasteiger charge is 2.35. The maximum absolute atomic E-state index is 13.3. The van der Waals surface area contributed by atoms with E-state index < -0.39 is 33.9 Å². The van der Waals surface area contributed by atoms with E-state index in [1.54, 1.807) is 0 Å². The number of rotatable bonds is 6. The summed E-state index contributed by atoms with van der Waals surface area (Å²) < 4.78 is 45.8. The van der Waals surface area contributed by atoms with Gasteiger partial charge >= 0.3 is 11.8 Å². The smallest absolute Gasteiger partial charge is 0.309 e. The molecule has 2 amide bonds. The molecule has 8 nitrogen and oxygen atoms in total. The quantitative estimate of drug-likeness (QED) is 0.529. The van der Waals surface area contributed by atoms with Gasteiger partial charge in [0.05, 0.1) is 18.0 Å². The minimum absolute atomic E-state index is 0.0329. The van der Waals surface area contributed by atoms with E-state index in [1.807, 2.05) is 0 Å². The lowest BCUT2D eigenvalue weighted by Gasteiger charge is -2.34. The predicted octanol–water partition coefficient (Wildman–Crippen LogP) is 0.290. The molecule has 27 heavy (non-hydrogen) atoms. The molecule has 1 aliphatic rings. The Hall–Kier alpha value is -2.30. The minimum atomic E-state index is -3.96. The van der Waals surface area contributed by atoms with Crippen molar-refractivity contribution in [1.82, 2.24) is 14.9 Å². The van der Waals surface area contributed by atoms with E-state index in [9.17, 15) is 22.4 Å². The molecule has 1 aromatic rings. The van der Waals surface area contributed by atoms with Gasteiger partial charge in [-0.1, -0.05) is 6.08 Å². The highest BCUT2D eigenvalue weighted by Crippen LogP contribution is 2.25. The first kappa shape index (κ1) is 21.0. The molecule has 0 bridgehead atoms. The fourth-order valence-electron chi connectivity index (χ4n) is 2.64. The number of hydrogen-bond acceptors (Lipinski definition) is 5. The Labute approximate surface area is 157 Å². The number of nitrogens with zero attached hydrogens (tertiary/aromatic N) is 1. The molecule has 0 spiro atoms. The number of nitrogens with one attached hydrogen (secondary N) is 2. The fraction of sp³-hybridized carbons (Fsp3) is 0.412. The zero-order chi connectivity index (χ0) is 20.0. The molecule has 1 aromatic carbocycles. The second-order valence-electron chi connectivity index (χ2n) is 5.91. The number of aryl methyl sites for hydroxylation is 1. The van der Waals surface area contributed by atoms with Crippen LogP contribution in [0.1, 0.15) is 12.0 Å². The summed E-state index contributed by atoms with van der Waals surface area (Å²) in [7, 11) is -3.96. The molecule has 148 valence electrons. The SMILES string of the molecule is C=CCNC(=O)C(=O)NCC1OCCCN1S(=O)(=O)c1ccc(F)cc1C. The van der Waals surface area contributed by atoms with Crippen molar-refractivity contribution in [3.63, 3.8) is 0 Å². The van der Waals surface area contributed by atoms with Gasteiger partial charge in [0.1, 0.15) is 12.0 Å². The van der Waals surface area contributed by atoms with Crippen molar-refractivity contribution in [3.8, 4) is 0 Å². The number of halogens is 1. The second kappa shape index (κ2) is 9.07. The number of hydrogen-bond donors (Lipinski definition) is 2. The van der Waals surface area contributed by atoms with Gasteiger partial charge in [0.2, 0.25) is 10.0 Å². The molecule has 1 fully saturated rings. The van der Waals surface area contributed by atoms with Gasteiger partial charge in [0, 0.05) is 13.1 Å². The Bertz CT molecular complexity index is 828. The van der Waals surface area contributed by atoms with Crippen LogP contribution in [-0.2, 0) is 24.3 Å². The van der Waals surface area contributed by atoms with Gasteiger partial charge in [-0.2, -0.15) is 4.31 Å². The van der Waals surface area contributed by atoms with Crippen LogP contribution in [0.15, 0.2) is 35.7 Å². The van der Waals surface area contributed by atoms with Crippen LogP contribution in [0.2, 0.25) is 0 Å². The maximum Gasteiger partial charge on any atom is 0.309 e. The molecule has 0 aliphatic carbocycles. The summed E-state index contributed by atoms with van der Waals surface area (Å²) in [4.78, 5) is 23.3. The van der Waals surface area contributed by atoms with E-state index >= 15 is 0 Å². The third-order valence-corrected chi connectivity index (χ3v) is 5.98. The molecule has 1 heterocycles. The molecule has 1 saturated heterocycles. The largest absolute Gasteiger partial charge is 0.360 e. The fourth-order valence-corrected chi connectivity index (χ4v) is 4.41. The second-order valence-corrected chi connectivity index (χ2v) is 7.77. The first-order valence-electron chi connectivity index (χ1n) is 8.34. The topological polar surface area (TPSA) is 105 Å². The van der Waals surface area contributed by atoms with Crippen LogP contribution in [0, 0.1) is 12.7 Å². The van der Waals surface area contributed by atoms with E-state index in [4.69, 9.17) is 4.74 Å². The highest BCUT2D eigenvalue weighted by molar-refractivity contribution is 7.89. The summed E-state index contributed by atoms with van der Waals surface area (Å²) >= 11 is 0. The van der Waals surface area contributed by atoms with Crippen LogP contribution >= 0.6 is 0 Å². The summed E-state index contributed by atoms with van der Waals surface area (Å²) in [5.41, 5.74) is 0.271. The number of carbonyl (C=O) groups excluding carboxylic acids is 2. The molecular formula is C17H22FN3O5S. The Balaban J connectivity index is 2.13. The minimum Gasteiger partial charge on any atom is -0.360 e. The van der Waals surface area contributed by atoms with Crippen molar-refractivity contribution in [1.29, 1.82) is 0 Å². The molecule has 1 aliphatic heterocycles. The lowest BCUT2D eigenvalue weighted by atomic mass is 10.2. The van der Waals surface area contributed by atoms with E-state index in [1.165, 1.54) is 19.1 Å². The zero-order valence-electron chi connectivity index (χ0n) is 14.9. The number of amides is 2. The molecule has 0 aromatic heterocycles. The van der Waals surface area contributed by atoms with Crippen molar-refractivity contribution in [3.05, 3.63) is 42.2 Å². The van der Waals surface area contributed by atoms with Gasteiger partial charge in [0.25, 0.3) is 0 Å². The lowest BCUT2D eigenvalue weighted by Crippen LogP contribution is -2.53. The first-order chi connectivity index (χ1) is 12.8. The Morgan fingerprint density at radius 1 is 1.37 bits per heavy atom.